The predicted octanol–water partition coefficient (Wildman–Crippen LogP) is 6.67. The molecule has 4 rings (SSSR count). The van der Waals surface area contributed by atoms with Crippen LogP contribution in [0.2, 0.25) is 0 Å². The predicted molar refractivity (Wildman–Crippen MR) is 120 cm³/mol. The molecule has 0 amide bonds. The van der Waals surface area contributed by atoms with Gasteiger partial charge in [-0.1, -0.05) is 46.3 Å². The number of aromatic nitrogens is 1. The van der Waals surface area contributed by atoms with Crippen LogP contribution in [0, 0.1) is 0 Å². The van der Waals surface area contributed by atoms with Crippen molar-refractivity contribution in [2.75, 3.05) is 6.54 Å². The fourth-order valence-electron chi connectivity index (χ4n) is 3.53. The minimum Gasteiger partial charge on any atom is -0.457 e. The largest absolute Gasteiger partial charge is 0.457 e. The Morgan fingerprint density at radius 2 is 1.68 bits per heavy atom. The number of H-pyrrole nitrogens is 1. The summed E-state index contributed by atoms with van der Waals surface area (Å²) in [5.74, 6) is 1.68. The van der Waals surface area contributed by atoms with E-state index in [0.717, 1.165) is 58.6 Å². The van der Waals surface area contributed by atoms with E-state index in [-0.39, 0.29) is 0 Å². The Morgan fingerprint density at radius 3 is 2.50 bits per heavy atom. The number of aryl methyl sites for hydroxylation is 1. The molecule has 4 aromatic rings. The highest BCUT2D eigenvalue weighted by Crippen LogP contribution is 2.38. The van der Waals surface area contributed by atoms with Crippen molar-refractivity contribution in [3.63, 3.8) is 0 Å². The fraction of sp³-hybridized carbons (Fsp3) is 0.167. The van der Waals surface area contributed by atoms with E-state index in [2.05, 4.69) is 51.2 Å². The summed E-state index contributed by atoms with van der Waals surface area (Å²) in [5, 5.41) is 1.25. The van der Waals surface area contributed by atoms with Gasteiger partial charge >= 0.3 is 0 Å². The maximum Gasteiger partial charge on any atom is 0.136 e. The summed E-state index contributed by atoms with van der Waals surface area (Å²) < 4.78 is 7.30. The number of halogens is 1. The highest BCUT2D eigenvalue weighted by molar-refractivity contribution is 9.10. The molecule has 0 radical (unpaired) electrons. The van der Waals surface area contributed by atoms with E-state index in [1.165, 1.54) is 10.9 Å². The van der Waals surface area contributed by atoms with E-state index >= 15 is 0 Å². The SMILES string of the molecule is NCCCCc1c(-c2ccccc2Oc2ccccc2)[nH]c2ccc(Br)cc12. The van der Waals surface area contributed by atoms with Crippen LogP contribution in [0.5, 0.6) is 11.5 Å². The number of nitrogens with one attached hydrogen (secondary N) is 1. The number of ether oxygens (including phenoxy) is 1. The van der Waals surface area contributed by atoms with Crippen LogP contribution in [0.4, 0.5) is 0 Å². The Morgan fingerprint density at radius 1 is 0.893 bits per heavy atom. The van der Waals surface area contributed by atoms with Gasteiger partial charge in [0, 0.05) is 20.9 Å². The van der Waals surface area contributed by atoms with Crippen LogP contribution in [0.15, 0.2) is 77.3 Å². The normalized spacial score (nSPS) is 11.1. The van der Waals surface area contributed by atoms with Gasteiger partial charge in [-0.25, -0.2) is 0 Å². The van der Waals surface area contributed by atoms with E-state index in [0.29, 0.717) is 0 Å². The molecule has 1 aromatic heterocycles. The molecule has 0 unspecified atom stereocenters. The van der Waals surface area contributed by atoms with Crippen molar-refractivity contribution in [3.8, 4) is 22.8 Å². The van der Waals surface area contributed by atoms with Gasteiger partial charge in [0.15, 0.2) is 0 Å². The van der Waals surface area contributed by atoms with Crippen LogP contribution < -0.4 is 10.5 Å². The van der Waals surface area contributed by atoms with Gasteiger partial charge in [0.05, 0.1) is 5.69 Å². The molecule has 0 saturated carbocycles. The zero-order valence-electron chi connectivity index (χ0n) is 15.6. The number of rotatable bonds is 7. The number of hydrogen-bond acceptors (Lipinski definition) is 2. The standard InChI is InChI=1S/C24H23BrN2O/c25-17-13-14-22-21(16-17)19(10-6-7-15-26)24(27-22)20-11-4-5-12-23(20)28-18-8-2-1-3-9-18/h1-5,8-9,11-14,16,27H,6-7,10,15,26H2. The minimum absolute atomic E-state index is 0.717. The number of para-hydroxylation sites is 2. The Hall–Kier alpha value is -2.56. The molecule has 3 aromatic carbocycles. The Labute approximate surface area is 173 Å². The van der Waals surface area contributed by atoms with Crippen LogP contribution in [0.3, 0.4) is 0 Å². The monoisotopic (exact) mass is 434 g/mol. The summed E-state index contributed by atoms with van der Waals surface area (Å²) in [5.41, 5.74) is 10.4. The number of benzene rings is 3. The first-order chi connectivity index (χ1) is 13.8. The van der Waals surface area contributed by atoms with Gasteiger partial charge in [0.1, 0.15) is 11.5 Å². The van der Waals surface area contributed by atoms with Crippen molar-refractivity contribution in [1.29, 1.82) is 0 Å². The lowest BCUT2D eigenvalue weighted by molar-refractivity contribution is 0.484. The average molecular weight is 435 g/mol. The molecule has 3 nitrogen and oxygen atoms in total. The molecule has 0 spiro atoms. The van der Waals surface area contributed by atoms with Crippen LogP contribution in [0.1, 0.15) is 18.4 Å². The molecule has 0 bridgehead atoms. The lowest BCUT2D eigenvalue weighted by Gasteiger charge is -2.12. The van der Waals surface area contributed by atoms with E-state index in [1.807, 2.05) is 42.5 Å². The van der Waals surface area contributed by atoms with Crippen LogP contribution in [-0.4, -0.2) is 11.5 Å². The summed E-state index contributed by atoms with van der Waals surface area (Å²) in [7, 11) is 0. The lowest BCUT2D eigenvalue weighted by atomic mass is 10.00. The topological polar surface area (TPSA) is 51.0 Å². The molecule has 142 valence electrons. The zero-order valence-corrected chi connectivity index (χ0v) is 17.2. The van der Waals surface area contributed by atoms with Crippen LogP contribution >= 0.6 is 15.9 Å². The van der Waals surface area contributed by atoms with Crippen LogP contribution in [-0.2, 0) is 6.42 Å². The molecular weight excluding hydrogens is 412 g/mol. The first-order valence-corrected chi connectivity index (χ1v) is 10.4. The molecule has 0 aliphatic carbocycles. The van der Waals surface area contributed by atoms with Crippen molar-refractivity contribution in [1.82, 2.24) is 4.98 Å². The highest BCUT2D eigenvalue weighted by atomic mass is 79.9. The number of fused-ring (bicyclic) bond motifs is 1. The highest BCUT2D eigenvalue weighted by Gasteiger charge is 2.17. The van der Waals surface area contributed by atoms with Gasteiger partial charge in [-0.2, -0.15) is 0 Å². The van der Waals surface area contributed by atoms with Crippen molar-refractivity contribution in [2.45, 2.75) is 19.3 Å². The third-order valence-electron chi connectivity index (χ3n) is 4.88. The van der Waals surface area contributed by atoms with E-state index < -0.39 is 0 Å². The molecule has 28 heavy (non-hydrogen) atoms. The van der Waals surface area contributed by atoms with Gasteiger partial charge in [0.25, 0.3) is 0 Å². The summed E-state index contributed by atoms with van der Waals surface area (Å²) in [6, 6.07) is 24.5. The third kappa shape index (κ3) is 3.98. The second-order valence-corrected chi connectivity index (χ2v) is 7.74. The molecule has 4 heteroatoms. The Kier molecular flexibility index (Phi) is 5.79. The van der Waals surface area contributed by atoms with Crippen molar-refractivity contribution in [3.05, 3.63) is 82.8 Å². The molecule has 3 N–H and O–H groups in total. The van der Waals surface area contributed by atoms with Crippen molar-refractivity contribution in [2.24, 2.45) is 5.73 Å². The van der Waals surface area contributed by atoms with E-state index in [9.17, 15) is 0 Å². The van der Waals surface area contributed by atoms with Gasteiger partial charge in [0.2, 0.25) is 0 Å². The number of hydrogen-bond donors (Lipinski definition) is 2. The molecule has 0 atom stereocenters. The van der Waals surface area contributed by atoms with Crippen LogP contribution in [0.25, 0.3) is 22.2 Å². The lowest BCUT2D eigenvalue weighted by Crippen LogP contribution is -1.99. The van der Waals surface area contributed by atoms with Crippen molar-refractivity contribution < 1.29 is 4.74 Å². The summed E-state index contributed by atoms with van der Waals surface area (Å²) in [6.07, 6.45) is 3.05. The van der Waals surface area contributed by atoms with Gasteiger partial charge in [-0.15, -0.1) is 0 Å². The molecule has 0 aliphatic rings. The van der Waals surface area contributed by atoms with Gasteiger partial charge < -0.3 is 15.5 Å². The fourth-order valence-corrected chi connectivity index (χ4v) is 3.89. The summed E-state index contributed by atoms with van der Waals surface area (Å²) >= 11 is 3.61. The summed E-state index contributed by atoms with van der Waals surface area (Å²) in [6.45, 7) is 0.717. The number of nitrogens with two attached hydrogens (primary N) is 1. The van der Waals surface area contributed by atoms with Gasteiger partial charge in [-0.05, 0) is 73.8 Å². The zero-order chi connectivity index (χ0) is 19.3. The smallest absolute Gasteiger partial charge is 0.136 e. The van der Waals surface area contributed by atoms with E-state index in [1.54, 1.807) is 0 Å². The third-order valence-corrected chi connectivity index (χ3v) is 5.37. The second kappa shape index (κ2) is 8.63. The summed E-state index contributed by atoms with van der Waals surface area (Å²) in [4.78, 5) is 3.63. The minimum atomic E-state index is 0.717. The molecular formula is C24H23BrN2O. The first kappa shape index (κ1) is 18.8. The Bertz CT molecular complexity index is 1070. The number of aromatic amines is 1. The number of unbranched alkanes of at least 4 members (excludes halogenated alkanes) is 1. The van der Waals surface area contributed by atoms with E-state index in [4.69, 9.17) is 10.5 Å². The average Bonchev–Trinajstić information content (AvgIpc) is 3.07. The molecule has 0 aliphatic heterocycles. The van der Waals surface area contributed by atoms with Gasteiger partial charge in [-0.3, -0.25) is 0 Å². The molecule has 0 fully saturated rings. The Balaban J connectivity index is 1.81. The first-order valence-electron chi connectivity index (χ1n) is 9.59. The van der Waals surface area contributed by atoms with Crippen molar-refractivity contribution >= 4 is 26.8 Å². The molecule has 0 saturated heterocycles. The maximum atomic E-state index is 6.22. The second-order valence-electron chi connectivity index (χ2n) is 6.83. The molecule has 1 heterocycles. The maximum absolute atomic E-state index is 6.22. The quantitative estimate of drug-likeness (QED) is 0.319.